The molecule has 126 valence electrons. The molecule has 3 nitrogen and oxygen atoms in total. The molecule has 0 saturated heterocycles. The number of hydrogen-bond acceptors (Lipinski definition) is 2. The van der Waals surface area contributed by atoms with E-state index in [2.05, 4.69) is 10.3 Å². The molecular formula is C21H19FN2O. The largest absolute Gasteiger partial charge is 0.341 e. The molecule has 1 amide bonds. The molecule has 3 aromatic rings. The minimum Gasteiger partial charge on any atom is -0.341 e. The number of carbonyl (C=O) groups is 1. The van der Waals surface area contributed by atoms with E-state index in [4.69, 9.17) is 0 Å². The molecule has 1 N–H and O–H groups in total. The van der Waals surface area contributed by atoms with E-state index in [9.17, 15) is 9.18 Å². The maximum absolute atomic E-state index is 13.9. The van der Waals surface area contributed by atoms with Crippen molar-refractivity contribution in [2.75, 3.05) is 0 Å². The molecule has 25 heavy (non-hydrogen) atoms. The molecule has 0 aliphatic carbocycles. The number of amides is 1. The number of halogens is 1. The van der Waals surface area contributed by atoms with Crippen LogP contribution in [0.25, 0.3) is 0 Å². The summed E-state index contributed by atoms with van der Waals surface area (Å²) in [6, 6.07) is 15.3. The van der Waals surface area contributed by atoms with Crippen LogP contribution >= 0.6 is 0 Å². The predicted octanol–water partition coefficient (Wildman–Crippen LogP) is 4.36. The van der Waals surface area contributed by atoms with Gasteiger partial charge in [-0.1, -0.05) is 36.4 Å². The SMILES string of the molecule is Cc1ccc(C(NC(=O)c2ccccc2F)c2cccnc2)cc1C. The van der Waals surface area contributed by atoms with Gasteiger partial charge in [0.2, 0.25) is 0 Å². The first-order chi connectivity index (χ1) is 12.1. The van der Waals surface area contributed by atoms with Crippen molar-refractivity contribution in [2.45, 2.75) is 19.9 Å². The second-order valence-electron chi connectivity index (χ2n) is 6.02. The summed E-state index contributed by atoms with van der Waals surface area (Å²) >= 11 is 0. The van der Waals surface area contributed by atoms with Crippen LogP contribution in [-0.2, 0) is 0 Å². The lowest BCUT2D eigenvalue weighted by Gasteiger charge is -2.20. The Kier molecular flexibility index (Phi) is 4.89. The number of aromatic nitrogens is 1. The molecule has 1 aromatic heterocycles. The quantitative estimate of drug-likeness (QED) is 0.770. The van der Waals surface area contributed by atoms with Crippen LogP contribution in [0.3, 0.4) is 0 Å². The van der Waals surface area contributed by atoms with Crippen LogP contribution in [0.15, 0.2) is 67.0 Å². The Balaban J connectivity index is 1.99. The molecule has 0 aliphatic heterocycles. The summed E-state index contributed by atoms with van der Waals surface area (Å²) in [5.41, 5.74) is 4.11. The fourth-order valence-electron chi connectivity index (χ4n) is 2.70. The molecule has 2 aromatic carbocycles. The van der Waals surface area contributed by atoms with E-state index < -0.39 is 17.8 Å². The van der Waals surface area contributed by atoms with Crippen LogP contribution in [0.5, 0.6) is 0 Å². The molecule has 1 heterocycles. The van der Waals surface area contributed by atoms with Gasteiger partial charge in [0.25, 0.3) is 5.91 Å². The standard InChI is InChI=1S/C21H19FN2O/c1-14-9-10-16(12-15(14)2)20(17-6-5-11-23-13-17)24-21(25)18-7-3-4-8-19(18)22/h3-13,20H,1-2H3,(H,24,25). The van der Waals surface area contributed by atoms with Crippen molar-refractivity contribution >= 4 is 5.91 Å². The van der Waals surface area contributed by atoms with Crippen molar-refractivity contribution in [1.82, 2.24) is 10.3 Å². The van der Waals surface area contributed by atoms with Crippen molar-refractivity contribution in [1.29, 1.82) is 0 Å². The maximum Gasteiger partial charge on any atom is 0.255 e. The molecule has 0 fully saturated rings. The predicted molar refractivity (Wildman–Crippen MR) is 95.9 cm³/mol. The molecule has 1 unspecified atom stereocenters. The first-order valence-corrected chi connectivity index (χ1v) is 8.08. The third-order valence-corrected chi connectivity index (χ3v) is 4.28. The number of nitrogens with one attached hydrogen (secondary N) is 1. The molecule has 0 spiro atoms. The zero-order chi connectivity index (χ0) is 17.8. The zero-order valence-electron chi connectivity index (χ0n) is 14.2. The highest BCUT2D eigenvalue weighted by Gasteiger charge is 2.20. The van der Waals surface area contributed by atoms with Crippen LogP contribution in [0.1, 0.15) is 38.7 Å². The number of rotatable bonds is 4. The van der Waals surface area contributed by atoms with Crippen molar-refractivity contribution in [3.63, 3.8) is 0 Å². The van der Waals surface area contributed by atoms with Crippen LogP contribution in [-0.4, -0.2) is 10.9 Å². The highest BCUT2D eigenvalue weighted by Crippen LogP contribution is 2.24. The summed E-state index contributed by atoms with van der Waals surface area (Å²) in [5.74, 6) is -0.991. The molecule has 0 bridgehead atoms. The average molecular weight is 334 g/mol. The molecular weight excluding hydrogens is 315 g/mol. The number of hydrogen-bond donors (Lipinski definition) is 1. The zero-order valence-corrected chi connectivity index (χ0v) is 14.2. The Labute approximate surface area is 146 Å². The Morgan fingerprint density at radius 3 is 2.48 bits per heavy atom. The Morgan fingerprint density at radius 1 is 1.00 bits per heavy atom. The van der Waals surface area contributed by atoms with Crippen LogP contribution in [0.4, 0.5) is 4.39 Å². The van der Waals surface area contributed by atoms with E-state index in [0.29, 0.717) is 0 Å². The van der Waals surface area contributed by atoms with Gasteiger partial charge in [0.15, 0.2) is 0 Å². The highest BCUT2D eigenvalue weighted by atomic mass is 19.1. The third kappa shape index (κ3) is 3.74. The fraction of sp³-hybridized carbons (Fsp3) is 0.143. The normalized spacial score (nSPS) is 11.8. The Bertz CT molecular complexity index is 893. The lowest BCUT2D eigenvalue weighted by Crippen LogP contribution is -2.30. The van der Waals surface area contributed by atoms with E-state index in [0.717, 1.165) is 16.7 Å². The summed E-state index contributed by atoms with van der Waals surface area (Å²) < 4.78 is 13.9. The number of nitrogens with zero attached hydrogens (tertiary/aromatic N) is 1. The maximum atomic E-state index is 13.9. The van der Waals surface area contributed by atoms with E-state index >= 15 is 0 Å². The fourth-order valence-corrected chi connectivity index (χ4v) is 2.70. The van der Waals surface area contributed by atoms with Gasteiger partial charge >= 0.3 is 0 Å². The van der Waals surface area contributed by atoms with Gasteiger partial charge in [0.05, 0.1) is 11.6 Å². The van der Waals surface area contributed by atoms with Gasteiger partial charge in [-0.15, -0.1) is 0 Å². The molecule has 0 aliphatic rings. The second-order valence-corrected chi connectivity index (χ2v) is 6.02. The van der Waals surface area contributed by atoms with E-state index in [1.165, 1.54) is 17.7 Å². The van der Waals surface area contributed by atoms with Crippen LogP contribution in [0, 0.1) is 19.7 Å². The lowest BCUT2D eigenvalue weighted by atomic mass is 9.96. The van der Waals surface area contributed by atoms with Crippen LogP contribution in [0.2, 0.25) is 0 Å². The number of benzene rings is 2. The monoisotopic (exact) mass is 334 g/mol. The van der Waals surface area contributed by atoms with E-state index in [-0.39, 0.29) is 5.56 Å². The van der Waals surface area contributed by atoms with E-state index in [1.54, 1.807) is 24.5 Å². The van der Waals surface area contributed by atoms with Gasteiger partial charge in [-0.25, -0.2) is 4.39 Å². The van der Waals surface area contributed by atoms with Gasteiger partial charge in [-0.05, 0) is 54.3 Å². The van der Waals surface area contributed by atoms with Gasteiger partial charge in [0.1, 0.15) is 5.82 Å². The summed E-state index contributed by atoms with van der Waals surface area (Å²) in [6.45, 7) is 4.06. The van der Waals surface area contributed by atoms with Gasteiger partial charge in [0, 0.05) is 12.4 Å². The summed E-state index contributed by atoms with van der Waals surface area (Å²) in [5, 5.41) is 2.93. The number of aryl methyl sites for hydroxylation is 2. The summed E-state index contributed by atoms with van der Waals surface area (Å²) in [6.07, 6.45) is 3.39. The smallest absolute Gasteiger partial charge is 0.255 e. The van der Waals surface area contributed by atoms with Gasteiger partial charge in [-0.3, -0.25) is 9.78 Å². The Morgan fingerprint density at radius 2 is 1.80 bits per heavy atom. The molecule has 4 heteroatoms. The summed E-state index contributed by atoms with van der Waals surface area (Å²) in [4.78, 5) is 16.7. The second kappa shape index (κ2) is 7.26. The number of carbonyl (C=O) groups excluding carboxylic acids is 1. The average Bonchev–Trinajstić information content (AvgIpc) is 2.63. The third-order valence-electron chi connectivity index (χ3n) is 4.28. The molecule has 1 atom stereocenters. The van der Waals surface area contributed by atoms with Gasteiger partial charge in [-0.2, -0.15) is 0 Å². The minimum absolute atomic E-state index is 0.0280. The lowest BCUT2D eigenvalue weighted by molar-refractivity contribution is 0.0939. The highest BCUT2D eigenvalue weighted by molar-refractivity contribution is 5.94. The van der Waals surface area contributed by atoms with Crippen molar-refractivity contribution in [3.8, 4) is 0 Å². The topological polar surface area (TPSA) is 42.0 Å². The van der Waals surface area contributed by atoms with Gasteiger partial charge < -0.3 is 5.32 Å². The van der Waals surface area contributed by atoms with Crippen molar-refractivity contribution < 1.29 is 9.18 Å². The first kappa shape index (κ1) is 16.8. The van der Waals surface area contributed by atoms with E-state index in [1.807, 2.05) is 44.2 Å². The number of pyridine rings is 1. The molecule has 0 saturated carbocycles. The van der Waals surface area contributed by atoms with Crippen molar-refractivity contribution in [2.24, 2.45) is 0 Å². The van der Waals surface area contributed by atoms with Crippen molar-refractivity contribution in [3.05, 3.63) is 101 Å². The Hall–Kier alpha value is -3.01. The first-order valence-electron chi connectivity index (χ1n) is 8.08. The summed E-state index contributed by atoms with van der Waals surface area (Å²) in [7, 11) is 0. The molecule has 0 radical (unpaired) electrons. The van der Waals surface area contributed by atoms with Crippen LogP contribution < -0.4 is 5.32 Å². The molecule has 3 rings (SSSR count). The minimum atomic E-state index is -0.537.